The van der Waals surface area contributed by atoms with Crippen molar-refractivity contribution in [2.24, 2.45) is 0 Å². The van der Waals surface area contributed by atoms with Crippen LogP contribution in [0.2, 0.25) is 0 Å². The Morgan fingerprint density at radius 3 is 2.56 bits per heavy atom. The van der Waals surface area contributed by atoms with Crippen molar-refractivity contribution in [1.82, 2.24) is 9.62 Å². The normalized spacial score (nSPS) is 21.5. The Labute approximate surface area is 231 Å². The van der Waals surface area contributed by atoms with Crippen molar-refractivity contribution in [3.05, 3.63) is 94.5 Å². The molecule has 5 rings (SSSR count). The van der Waals surface area contributed by atoms with Crippen LogP contribution in [0.15, 0.2) is 71.6 Å². The van der Waals surface area contributed by atoms with E-state index in [2.05, 4.69) is 40.1 Å². The monoisotopic (exact) mass is 547 g/mol. The number of anilines is 1. The number of sulfonamides is 1. The maximum atomic E-state index is 13.3. The summed E-state index contributed by atoms with van der Waals surface area (Å²) in [6, 6.07) is 19.7. The minimum atomic E-state index is -3.85. The maximum Gasteiger partial charge on any atom is 0.241 e. The second-order valence-corrected chi connectivity index (χ2v) is 12.4. The highest BCUT2D eigenvalue weighted by atomic mass is 32.2. The minimum absolute atomic E-state index is 0.0652. The van der Waals surface area contributed by atoms with E-state index in [1.165, 1.54) is 11.1 Å². The molecule has 1 heterocycles. The standard InChI is InChI=1S/C31H37N3O4S/c1-3-22-9-14-26(15-10-22)39(37,38)33-30-27-19-25(13-11-24(27)12-16-29(30)35)32-31(36)28-8-5-17-34(28)20-23-7-4-6-21(2)18-23/h4,6-7,9-11,13-15,18-19,28-30,33,35H,3,5,8,12,16-17,20H2,1-2H3,(H,32,36)/t28-,29-,30-/m1/s1. The van der Waals surface area contributed by atoms with Crippen LogP contribution in [0.3, 0.4) is 0 Å². The molecule has 3 atom stereocenters. The SMILES string of the molecule is CCc1ccc(S(=O)(=O)N[C@@H]2c3cc(NC(=O)[C@H]4CCCN4Cc4cccc(C)c4)ccc3CC[C@H]2O)cc1. The molecule has 8 heteroatoms. The largest absolute Gasteiger partial charge is 0.391 e. The first kappa shape index (κ1) is 27.5. The number of hydrogen-bond acceptors (Lipinski definition) is 5. The Morgan fingerprint density at radius 2 is 1.82 bits per heavy atom. The Morgan fingerprint density at radius 1 is 1.03 bits per heavy atom. The second-order valence-electron chi connectivity index (χ2n) is 10.7. The van der Waals surface area contributed by atoms with Crippen molar-refractivity contribution in [3.8, 4) is 0 Å². The lowest BCUT2D eigenvalue weighted by atomic mass is 9.86. The molecule has 1 aliphatic carbocycles. The number of benzene rings is 3. The molecule has 3 N–H and O–H groups in total. The van der Waals surface area contributed by atoms with E-state index in [0.717, 1.165) is 43.5 Å². The number of carbonyl (C=O) groups is 1. The van der Waals surface area contributed by atoms with Crippen molar-refractivity contribution < 1.29 is 18.3 Å². The van der Waals surface area contributed by atoms with Crippen molar-refractivity contribution in [2.75, 3.05) is 11.9 Å². The molecule has 0 radical (unpaired) electrons. The highest BCUT2D eigenvalue weighted by Crippen LogP contribution is 2.34. The minimum Gasteiger partial charge on any atom is -0.391 e. The third kappa shape index (κ3) is 6.25. The molecule has 1 saturated heterocycles. The summed E-state index contributed by atoms with van der Waals surface area (Å²) in [5.74, 6) is -0.0652. The molecule has 39 heavy (non-hydrogen) atoms. The summed E-state index contributed by atoms with van der Waals surface area (Å²) >= 11 is 0. The van der Waals surface area contributed by atoms with E-state index in [4.69, 9.17) is 0 Å². The third-order valence-electron chi connectivity index (χ3n) is 7.90. The number of fused-ring (bicyclic) bond motifs is 1. The van der Waals surface area contributed by atoms with E-state index in [9.17, 15) is 18.3 Å². The molecular formula is C31H37N3O4S. The van der Waals surface area contributed by atoms with Gasteiger partial charge in [0, 0.05) is 12.2 Å². The van der Waals surface area contributed by atoms with Gasteiger partial charge in [0.05, 0.1) is 23.1 Å². The van der Waals surface area contributed by atoms with Crippen molar-refractivity contribution in [3.63, 3.8) is 0 Å². The predicted octanol–water partition coefficient (Wildman–Crippen LogP) is 4.49. The van der Waals surface area contributed by atoms with Gasteiger partial charge in [-0.1, -0.05) is 55.0 Å². The summed E-state index contributed by atoms with van der Waals surface area (Å²) < 4.78 is 29.1. The summed E-state index contributed by atoms with van der Waals surface area (Å²) in [6.07, 6.45) is 2.80. The fourth-order valence-corrected chi connectivity index (χ4v) is 6.98. The number of nitrogens with one attached hydrogen (secondary N) is 2. The summed E-state index contributed by atoms with van der Waals surface area (Å²) in [7, 11) is -3.85. The number of aliphatic hydroxyl groups is 1. The summed E-state index contributed by atoms with van der Waals surface area (Å²) in [5, 5.41) is 13.9. The van der Waals surface area contributed by atoms with Crippen molar-refractivity contribution in [1.29, 1.82) is 0 Å². The molecule has 0 spiro atoms. The molecule has 7 nitrogen and oxygen atoms in total. The van der Waals surface area contributed by atoms with Crippen molar-refractivity contribution >= 4 is 21.6 Å². The molecular weight excluding hydrogens is 510 g/mol. The molecule has 1 amide bonds. The van der Waals surface area contributed by atoms with Crippen LogP contribution in [0, 0.1) is 6.92 Å². The van der Waals surface area contributed by atoms with Crippen LogP contribution >= 0.6 is 0 Å². The number of rotatable bonds is 8. The average Bonchev–Trinajstić information content (AvgIpc) is 3.38. The van der Waals surface area contributed by atoms with Crippen LogP contribution in [-0.4, -0.2) is 43.0 Å². The van der Waals surface area contributed by atoms with Gasteiger partial charge in [0.15, 0.2) is 0 Å². The van der Waals surface area contributed by atoms with Gasteiger partial charge in [0.1, 0.15) is 0 Å². The van der Waals surface area contributed by atoms with Gasteiger partial charge in [-0.2, -0.15) is 0 Å². The van der Waals surface area contributed by atoms with E-state index in [0.29, 0.717) is 24.1 Å². The summed E-state index contributed by atoms with van der Waals surface area (Å²) in [4.78, 5) is 15.7. The van der Waals surface area contributed by atoms with Gasteiger partial charge in [0.25, 0.3) is 0 Å². The molecule has 0 saturated carbocycles. The zero-order valence-corrected chi connectivity index (χ0v) is 23.4. The number of carbonyl (C=O) groups excluding carboxylic acids is 1. The average molecular weight is 548 g/mol. The van der Waals surface area contributed by atoms with E-state index >= 15 is 0 Å². The first-order valence-corrected chi connectivity index (χ1v) is 15.2. The molecule has 206 valence electrons. The van der Waals surface area contributed by atoms with Crippen molar-refractivity contribution in [2.45, 2.75) is 75.6 Å². The Kier molecular flexibility index (Phi) is 8.19. The molecule has 0 bridgehead atoms. The van der Waals surface area contributed by atoms with Gasteiger partial charge in [-0.25, -0.2) is 13.1 Å². The first-order chi connectivity index (χ1) is 18.7. The van der Waals surface area contributed by atoms with Gasteiger partial charge >= 0.3 is 0 Å². The van der Waals surface area contributed by atoms with Crippen LogP contribution in [0.1, 0.15) is 60.0 Å². The van der Waals surface area contributed by atoms with Crippen LogP contribution in [0.4, 0.5) is 5.69 Å². The van der Waals surface area contributed by atoms with Crippen LogP contribution < -0.4 is 10.0 Å². The quantitative estimate of drug-likeness (QED) is 0.386. The second kappa shape index (κ2) is 11.6. The lowest BCUT2D eigenvalue weighted by Gasteiger charge is -2.31. The molecule has 3 aromatic rings. The molecule has 3 aromatic carbocycles. The van der Waals surface area contributed by atoms with Crippen LogP contribution in [0.5, 0.6) is 0 Å². The number of aliphatic hydroxyl groups excluding tert-OH is 1. The highest BCUT2D eigenvalue weighted by molar-refractivity contribution is 7.89. The van der Waals surface area contributed by atoms with Gasteiger partial charge in [-0.05, 0) is 92.1 Å². The highest BCUT2D eigenvalue weighted by Gasteiger charge is 2.34. The van der Waals surface area contributed by atoms with Gasteiger partial charge in [-0.15, -0.1) is 0 Å². The number of hydrogen-bond donors (Lipinski definition) is 3. The summed E-state index contributed by atoms with van der Waals surface area (Å²) in [5.41, 5.74) is 5.71. The zero-order valence-electron chi connectivity index (χ0n) is 22.6. The Hall–Kier alpha value is -3.04. The van der Waals surface area contributed by atoms with E-state index in [1.54, 1.807) is 24.3 Å². The van der Waals surface area contributed by atoms with Gasteiger partial charge in [0.2, 0.25) is 15.9 Å². The first-order valence-electron chi connectivity index (χ1n) is 13.8. The number of amides is 1. The third-order valence-corrected chi connectivity index (χ3v) is 9.36. The van der Waals surface area contributed by atoms with E-state index in [-0.39, 0.29) is 16.8 Å². The molecule has 0 unspecified atom stereocenters. The Bertz CT molecular complexity index is 1440. The smallest absolute Gasteiger partial charge is 0.241 e. The zero-order chi connectivity index (χ0) is 27.6. The van der Waals surface area contributed by atoms with Crippen LogP contribution in [0.25, 0.3) is 0 Å². The van der Waals surface area contributed by atoms with E-state index in [1.807, 2.05) is 31.2 Å². The fourth-order valence-electron chi connectivity index (χ4n) is 5.73. The van der Waals surface area contributed by atoms with Gasteiger partial charge in [-0.3, -0.25) is 9.69 Å². The maximum absolute atomic E-state index is 13.3. The number of likely N-dealkylation sites (tertiary alicyclic amines) is 1. The molecule has 1 fully saturated rings. The van der Waals surface area contributed by atoms with Crippen LogP contribution in [-0.2, 0) is 34.2 Å². The van der Waals surface area contributed by atoms with Gasteiger partial charge < -0.3 is 10.4 Å². The fraction of sp³-hybridized carbons (Fsp3) is 0.387. The molecule has 0 aromatic heterocycles. The topological polar surface area (TPSA) is 98.7 Å². The predicted molar refractivity (Wildman–Crippen MR) is 153 cm³/mol. The molecule has 1 aliphatic heterocycles. The summed E-state index contributed by atoms with van der Waals surface area (Å²) in [6.45, 7) is 5.67. The Balaban J connectivity index is 1.33. The van der Waals surface area contributed by atoms with E-state index < -0.39 is 22.2 Å². The molecule has 2 aliphatic rings. The number of aryl methyl sites for hydroxylation is 3. The lowest BCUT2D eigenvalue weighted by Crippen LogP contribution is -2.40. The lowest BCUT2D eigenvalue weighted by molar-refractivity contribution is -0.120. The number of nitrogens with zero attached hydrogens (tertiary/aromatic N) is 1.